The third-order valence-corrected chi connectivity index (χ3v) is 4.18. The molecule has 0 radical (unpaired) electrons. The van der Waals surface area contributed by atoms with Gasteiger partial charge in [0.2, 0.25) is 11.9 Å². The van der Waals surface area contributed by atoms with Gasteiger partial charge < -0.3 is 0 Å². The summed E-state index contributed by atoms with van der Waals surface area (Å²) >= 11 is 6.66. The van der Waals surface area contributed by atoms with Gasteiger partial charge in [0.15, 0.2) is 10.8 Å². The molecule has 1 aliphatic heterocycles. The summed E-state index contributed by atoms with van der Waals surface area (Å²) in [7, 11) is 0. The minimum absolute atomic E-state index is 0.0794. The minimum Gasteiger partial charge on any atom is -0.288 e. The van der Waals surface area contributed by atoms with E-state index in [4.69, 9.17) is 11.6 Å². The lowest BCUT2D eigenvalue weighted by Gasteiger charge is -2.16. The summed E-state index contributed by atoms with van der Waals surface area (Å²) < 4.78 is 38.2. The number of carbonyl (C=O) groups excluding carboxylic acids is 2. The van der Waals surface area contributed by atoms with Crippen LogP contribution in [0.5, 0.6) is 0 Å². The molecule has 2 rings (SSSR count). The molecule has 120 valence electrons. The molecule has 0 bridgehead atoms. The van der Waals surface area contributed by atoms with Crippen LogP contribution in [0.15, 0.2) is 6.07 Å². The van der Waals surface area contributed by atoms with Crippen LogP contribution in [0.2, 0.25) is 5.15 Å². The predicted molar refractivity (Wildman–Crippen MR) is 75.6 cm³/mol. The Labute approximate surface area is 133 Å². The number of aromatic nitrogens is 2. The molecule has 0 spiro atoms. The van der Waals surface area contributed by atoms with Gasteiger partial charge in [-0.25, -0.2) is 9.97 Å². The third-order valence-electron chi connectivity index (χ3n) is 2.94. The van der Waals surface area contributed by atoms with E-state index in [1.807, 2.05) is 0 Å². The number of nitrogens with zero attached hydrogens (tertiary/aromatic N) is 3. The Balaban J connectivity index is 2.19. The number of amides is 1. The molecular weight excluding hydrogens is 343 g/mol. The zero-order chi connectivity index (χ0) is 16.5. The Morgan fingerprint density at radius 1 is 1.50 bits per heavy atom. The summed E-state index contributed by atoms with van der Waals surface area (Å²) in [5.74, 6) is -0.465. The van der Waals surface area contributed by atoms with Crippen molar-refractivity contribution in [1.29, 1.82) is 0 Å². The largest absolute Gasteiger partial charge is 0.433 e. The fraction of sp³-hybridized carbons (Fsp3) is 0.500. The smallest absolute Gasteiger partial charge is 0.288 e. The molecule has 0 N–H and O–H groups in total. The number of rotatable bonds is 3. The Hall–Kier alpha value is -1.35. The highest BCUT2D eigenvalue weighted by molar-refractivity contribution is 8.13. The molecule has 1 atom stereocenters. The summed E-state index contributed by atoms with van der Waals surface area (Å²) in [5.41, 5.74) is -1.20. The molecule has 1 fully saturated rings. The van der Waals surface area contributed by atoms with E-state index >= 15 is 0 Å². The molecule has 5 nitrogen and oxygen atoms in total. The van der Waals surface area contributed by atoms with Crippen molar-refractivity contribution in [2.45, 2.75) is 19.5 Å². The van der Waals surface area contributed by atoms with Crippen LogP contribution in [0, 0.1) is 5.92 Å². The summed E-state index contributed by atoms with van der Waals surface area (Å²) in [4.78, 5) is 31.0. The average Bonchev–Trinajstić information content (AvgIpc) is 2.76. The second kappa shape index (κ2) is 6.41. The fourth-order valence-electron chi connectivity index (χ4n) is 1.99. The van der Waals surface area contributed by atoms with Crippen molar-refractivity contribution in [3.8, 4) is 0 Å². The molecule has 1 aliphatic rings. The van der Waals surface area contributed by atoms with Crippen LogP contribution < -0.4 is 4.90 Å². The number of hydrogen-bond donors (Lipinski definition) is 0. The molecule has 10 heteroatoms. The van der Waals surface area contributed by atoms with Crippen molar-refractivity contribution in [3.05, 3.63) is 16.9 Å². The lowest BCUT2D eigenvalue weighted by Crippen LogP contribution is -2.28. The van der Waals surface area contributed by atoms with Gasteiger partial charge in [-0.3, -0.25) is 14.5 Å². The van der Waals surface area contributed by atoms with Gasteiger partial charge in [-0.2, -0.15) is 13.2 Å². The average molecular weight is 354 g/mol. The van der Waals surface area contributed by atoms with Crippen molar-refractivity contribution >= 4 is 40.3 Å². The first-order chi connectivity index (χ1) is 10.2. The maximum Gasteiger partial charge on any atom is 0.433 e. The van der Waals surface area contributed by atoms with Crippen LogP contribution in [0.25, 0.3) is 0 Å². The SMILES string of the molecule is CC(=O)SCC1CC(=O)N(c2nc(Cl)cc(C(F)(F)F)n2)C1. The number of alkyl halides is 3. The topological polar surface area (TPSA) is 63.2 Å². The van der Waals surface area contributed by atoms with Gasteiger partial charge in [0.25, 0.3) is 0 Å². The van der Waals surface area contributed by atoms with E-state index in [2.05, 4.69) is 9.97 Å². The van der Waals surface area contributed by atoms with E-state index < -0.39 is 11.9 Å². The first-order valence-corrected chi connectivity index (χ1v) is 7.58. The third kappa shape index (κ3) is 4.10. The Bertz CT molecular complexity index is 612. The summed E-state index contributed by atoms with van der Waals surface area (Å²) in [5, 5.41) is -0.462. The molecular formula is C12H11ClF3N3O2S. The zero-order valence-electron chi connectivity index (χ0n) is 11.4. The Kier molecular flexibility index (Phi) is 4.96. The molecule has 0 saturated carbocycles. The van der Waals surface area contributed by atoms with Gasteiger partial charge in [0.1, 0.15) is 5.15 Å². The van der Waals surface area contributed by atoms with Crippen molar-refractivity contribution < 1.29 is 22.8 Å². The van der Waals surface area contributed by atoms with E-state index in [9.17, 15) is 22.8 Å². The molecule has 1 saturated heterocycles. The fourth-order valence-corrected chi connectivity index (χ4v) is 2.87. The normalized spacial score (nSPS) is 18.9. The van der Waals surface area contributed by atoms with Gasteiger partial charge in [-0.1, -0.05) is 23.4 Å². The van der Waals surface area contributed by atoms with Crippen molar-refractivity contribution in [2.75, 3.05) is 17.2 Å². The van der Waals surface area contributed by atoms with Gasteiger partial charge in [0.05, 0.1) is 0 Å². The van der Waals surface area contributed by atoms with Gasteiger partial charge in [0, 0.05) is 31.7 Å². The number of anilines is 1. The van der Waals surface area contributed by atoms with Crippen LogP contribution in [-0.2, 0) is 15.8 Å². The molecule has 1 amide bonds. The van der Waals surface area contributed by atoms with Crippen LogP contribution >= 0.6 is 23.4 Å². The van der Waals surface area contributed by atoms with E-state index in [1.165, 1.54) is 6.92 Å². The highest BCUT2D eigenvalue weighted by Gasteiger charge is 2.37. The highest BCUT2D eigenvalue weighted by atomic mass is 35.5. The molecule has 1 aromatic heterocycles. The van der Waals surface area contributed by atoms with Crippen LogP contribution in [-0.4, -0.2) is 33.3 Å². The van der Waals surface area contributed by atoms with Crippen molar-refractivity contribution in [3.63, 3.8) is 0 Å². The number of thioether (sulfide) groups is 1. The molecule has 1 unspecified atom stereocenters. The van der Waals surface area contributed by atoms with Crippen molar-refractivity contribution in [1.82, 2.24) is 9.97 Å². The van der Waals surface area contributed by atoms with E-state index in [1.54, 1.807) is 0 Å². The lowest BCUT2D eigenvalue weighted by molar-refractivity contribution is -0.141. The van der Waals surface area contributed by atoms with Crippen LogP contribution in [0.3, 0.4) is 0 Å². The maximum atomic E-state index is 12.7. The summed E-state index contributed by atoms with van der Waals surface area (Å²) in [6.07, 6.45) is -4.54. The van der Waals surface area contributed by atoms with Gasteiger partial charge in [-0.05, 0) is 5.92 Å². The lowest BCUT2D eigenvalue weighted by atomic mass is 10.1. The van der Waals surface area contributed by atoms with Gasteiger partial charge in [-0.15, -0.1) is 0 Å². The first-order valence-electron chi connectivity index (χ1n) is 6.22. The van der Waals surface area contributed by atoms with E-state index in [0.29, 0.717) is 11.8 Å². The van der Waals surface area contributed by atoms with E-state index in [0.717, 1.165) is 16.7 Å². The molecule has 0 aliphatic carbocycles. The minimum atomic E-state index is -4.67. The maximum absolute atomic E-state index is 12.7. The van der Waals surface area contributed by atoms with Gasteiger partial charge >= 0.3 is 6.18 Å². The van der Waals surface area contributed by atoms with E-state index in [-0.39, 0.29) is 41.0 Å². The van der Waals surface area contributed by atoms with Crippen LogP contribution in [0.1, 0.15) is 19.0 Å². The first kappa shape index (κ1) is 17.0. The Morgan fingerprint density at radius 3 is 2.77 bits per heavy atom. The van der Waals surface area contributed by atoms with Crippen LogP contribution in [0.4, 0.5) is 19.1 Å². The molecule has 22 heavy (non-hydrogen) atoms. The Morgan fingerprint density at radius 2 is 2.18 bits per heavy atom. The second-order valence-electron chi connectivity index (χ2n) is 4.75. The molecule has 1 aromatic rings. The second-order valence-corrected chi connectivity index (χ2v) is 6.33. The highest BCUT2D eigenvalue weighted by Crippen LogP contribution is 2.32. The molecule has 2 heterocycles. The number of halogens is 4. The standard InChI is InChI=1S/C12H11ClF3N3O2S/c1-6(20)22-5-7-2-10(21)19(4-7)11-17-8(12(14,15)16)3-9(13)18-11/h3,7H,2,4-5H2,1H3. The zero-order valence-corrected chi connectivity index (χ0v) is 12.9. The number of hydrogen-bond acceptors (Lipinski definition) is 5. The number of carbonyl (C=O) groups is 2. The van der Waals surface area contributed by atoms with Crippen molar-refractivity contribution in [2.24, 2.45) is 5.92 Å². The monoisotopic (exact) mass is 353 g/mol. The summed E-state index contributed by atoms with van der Waals surface area (Å²) in [6.45, 7) is 1.58. The quantitative estimate of drug-likeness (QED) is 0.782. The predicted octanol–water partition coefficient (Wildman–Crippen LogP) is 2.78. The molecule has 0 aromatic carbocycles. The summed E-state index contributed by atoms with van der Waals surface area (Å²) in [6, 6.07) is 0.606.